The van der Waals surface area contributed by atoms with Crippen LogP contribution in [0.3, 0.4) is 0 Å². The number of carbonyl (C=O) groups excluding carboxylic acids is 2. The van der Waals surface area contributed by atoms with Crippen molar-refractivity contribution in [3.8, 4) is 0 Å². The standard InChI is InChI=1S/C16H28N2O4S/c1-15(2,3)22-14(20)18-8-6-12(18)13(19)17-9-7-16(4,5)23(21)11-10-17/h12H,6-11H2,1-5H3/t12-,23?/m1/s1. The Hall–Kier alpha value is -1.11. The van der Waals surface area contributed by atoms with Gasteiger partial charge >= 0.3 is 6.09 Å². The minimum atomic E-state index is -0.932. The number of likely N-dealkylation sites (tertiary alicyclic amines) is 1. The minimum Gasteiger partial charge on any atom is -0.444 e. The molecule has 0 bridgehead atoms. The lowest BCUT2D eigenvalue weighted by molar-refractivity contribution is -0.141. The van der Waals surface area contributed by atoms with Crippen molar-refractivity contribution in [1.82, 2.24) is 9.80 Å². The van der Waals surface area contributed by atoms with E-state index in [1.807, 2.05) is 34.6 Å². The molecule has 2 saturated heterocycles. The van der Waals surface area contributed by atoms with Gasteiger partial charge in [-0.05, 0) is 47.5 Å². The number of amides is 2. The molecule has 2 rings (SSSR count). The Labute approximate surface area is 141 Å². The first-order chi connectivity index (χ1) is 10.5. The van der Waals surface area contributed by atoms with Crippen molar-refractivity contribution in [3.05, 3.63) is 0 Å². The summed E-state index contributed by atoms with van der Waals surface area (Å²) in [5.41, 5.74) is -0.566. The Morgan fingerprint density at radius 1 is 1.17 bits per heavy atom. The van der Waals surface area contributed by atoms with Crippen LogP contribution in [0, 0.1) is 0 Å². The zero-order chi connectivity index (χ0) is 17.4. The highest BCUT2D eigenvalue weighted by molar-refractivity contribution is 7.86. The van der Waals surface area contributed by atoms with Gasteiger partial charge in [0.05, 0.1) is 0 Å². The van der Waals surface area contributed by atoms with E-state index < -0.39 is 28.5 Å². The molecule has 2 fully saturated rings. The number of ether oxygens (including phenoxy) is 1. The van der Waals surface area contributed by atoms with Gasteiger partial charge in [-0.2, -0.15) is 0 Å². The van der Waals surface area contributed by atoms with Crippen LogP contribution in [0.5, 0.6) is 0 Å². The Bertz CT molecular complexity index is 513. The molecule has 23 heavy (non-hydrogen) atoms. The average Bonchev–Trinajstić information content (AvgIpc) is 2.46. The third-order valence-corrected chi connectivity index (χ3v) is 6.38. The second-order valence-electron chi connectivity index (χ2n) is 7.86. The lowest BCUT2D eigenvalue weighted by Crippen LogP contribution is -2.60. The Balaban J connectivity index is 1.98. The molecule has 0 N–H and O–H groups in total. The molecule has 2 aliphatic rings. The van der Waals surface area contributed by atoms with E-state index in [2.05, 4.69) is 0 Å². The molecular formula is C16H28N2O4S. The van der Waals surface area contributed by atoms with Gasteiger partial charge in [-0.1, -0.05) is 0 Å². The van der Waals surface area contributed by atoms with E-state index in [1.165, 1.54) is 4.90 Å². The molecule has 2 atom stereocenters. The molecule has 0 spiro atoms. The van der Waals surface area contributed by atoms with E-state index in [-0.39, 0.29) is 10.7 Å². The largest absolute Gasteiger partial charge is 0.444 e. The van der Waals surface area contributed by atoms with Crippen LogP contribution in [-0.2, 0) is 20.3 Å². The smallest absolute Gasteiger partial charge is 0.410 e. The predicted octanol–water partition coefficient (Wildman–Crippen LogP) is 1.76. The van der Waals surface area contributed by atoms with Gasteiger partial charge in [0.15, 0.2) is 0 Å². The first-order valence-electron chi connectivity index (χ1n) is 8.18. The highest BCUT2D eigenvalue weighted by Crippen LogP contribution is 2.26. The summed E-state index contributed by atoms with van der Waals surface area (Å²) < 4.78 is 17.3. The Morgan fingerprint density at radius 3 is 2.35 bits per heavy atom. The number of hydrogen-bond acceptors (Lipinski definition) is 4. The molecule has 1 unspecified atom stereocenters. The SMILES string of the molecule is CC(C)(C)OC(=O)N1CC[C@@H]1C(=O)N1CCS(=O)C(C)(C)CC1. The molecule has 0 aromatic rings. The molecule has 0 aliphatic carbocycles. The molecule has 7 heteroatoms. The molecule has 6 nitrogen and oxygen atoms in total. The second kappa shape index (κ2) is 6.42. The van der Waals surface area contributed by atoms with E-state index in [1.54, 1.807) is 4.90 Å². The van der Waals surface area contributed by atoms with Crippen LogP contribution in [0.15, 0.2) is 0 Å². The van der Waals surface area contributed by atoms with Crippen LogP contribution in [-0.4, -0.2) is 67.8 Å². The van der Waals surface area contributed by atoms with Crippen molar-refractivity contribution in [2.75, 3.05) is 25.4 Å². The highest BCUT2D eigenvalue weighted by atomic mass is 32.2. The first-order valence-corrected chi connectivity index (χ1v) is 9.50. The maximum absolute atomic E-state index is 12.7. The molecule has 0 aromatic heterocycles. The van der Waals surface area contributed by atoms with Crippen molar-refractivity contribution < 1.29 is 18.5 Å². The van der Waals surface area contributed by atoms with Crippen LogP contribution >= 0.6 is 0 Å². The van der Waals surface area contributed by atoms with Gasteiger partial charge in [0, 0.05) is 40.9 Å². The number of rotatable bonds is 1. The van der Waals surface area contributed by atoms with Gasteiger partial charge < -0.3 is 9.64 Å². The molecule has 2 amide bonds. The van der Waals surface area contributed by atoms with Crippen molar-refractivity contribution in [2.24, 2.45) is 0 Å². The number of hydrogen-bond donors (Lipinski definition) is 0. The summed E-state index contributed by atoms with van der Waals surface area (Å²) in [5, 5.41) is 0. The summed E-state index contributed by atoms with van der Waals surface area (Å²) in [6.07, 6.45) is 0.951. The van der Waals surface area contributed by atoms with E-state index in [4.69, 9.17) is 4.74 Å². The molecule has 132 valence electrons. The van der Waals surface area contributed by atoms with Crippen molar-refractivity contribution in [1.29, 1.82) is 0 Å². The Kier molecular flexibility index (Phi) is 5.09. The van der Waals surface area contributed by atoms with E-state index in [9.17, 15) is 13.8 Å². The summed E-state index contributed by atoms with van der Waals surface area (Å²) >= 11 is 0. The third-order valence-electron chi connectivity index (χ3n) is 4.39. The maximum Gasteiger partial charge on any atom is 0.410 e. The molecule has 2 aliphatic heterocycles. The number of carbonyl (C=O) groups is 2. The average molecular weight is 344 g/mol. The topological polar surface area (TPSA) is 66.9 Å². The van der Waals surface area contributed by atoms with Gasteiger partial charge in [0.25, 0.3) is 0 Å². The highest BCUT2D eigenvalue weighted by Gasteiger charge is 2.42. The zero-order valence-electron chi connectivity index (χ0n) is 14.8. The summed E-state index contributed by atoms with van der Waals surface area (Å²) in [4.78, 5) is 28.1. The van der Waals surface area contributed by atoms with Crippen molar-refractivity contribution in [2.45, 2.75) is 63.9 Å². The quantitative estimate of drug-likeness (QED) is 0.727. The van der Waals surface area contributed by atoms with Gasteiger partial charge in [0.1, 0.15) is 11.6 Å². The van der Waals surface area contributed by atoms with Gasteiger partial charge in [0.2, 0.25) is 5.91 Å². The predicted molar refractivity (Wildman–Crippen MR) is 89.6 cm³/mol. The van der Waals surface area contributed by atoms with Crippen LogP contribution in [0.4, 0.5) is 4.79 Å². The van der Waals surface area contributed by atoms with E-state index in [0.29, 0.717) is 38.2 Å². The van der Waals surface area contributed by atoms with Crippen molar-refractivity contribution in [3.63, 3.8) is 0 Å². The second-order valence-corrected chi connectivity index (χ2v) is 10.1. The van der Waals surface area contributed by atoms with Gasteiger partial charge in [-0.25, -0.2) is 4.79 Å². The molecule has 0 radical (unpaired) electrons. The van der Waals surface area contributed by atoms with Crippen LogP contribution in [0.25, 0.3) is 0 Å². The van der Waals surface area contributed by atoms with E-state index >= 15 is 0 Å². The fraction of sp³-hybridized carbons (Fsp3) is 0.875. The third kappa shape index (κ3) is 4.25. The summed E-state index contributed by atoms with van der Waals surface area (Å²) in [7, 11) is -0.932. The van der Waals surface area contributed by atoms with E-state index in [0.717, 1.165) is 0 Å². The molecule has 0 aromatic carbocycles. The first kappa shape index (κ1) is 18.2. The summed E-state index contributed by atoms with van der Waals surface area (Å²) in [6.45, 7) is 11.0. The number of nitrogens with zero attached hydrogens (tertiary/aromatic N) is 2. The van der Waals surface area contributed by atoms with Gasteiger partial charge in [-0.15, -0.1) is 0 Å². The maximum atomic E-state index is 12.7. The van der Waals surface area contributed by atoms with Gasteiger partial charge in [-0.3, -0.25) is 13.9 Å². The molecule has 0 saturated carbocycles. The normalized spacial score (nSPS) is 27.9. The fourth-order valence-electron chi connectivity index (χ4n) is 2.71. The monoisotopic (exact) mass is 344 g/mol. The summed E-state index contributed by atoms with van der Waals surface area (Å²) in [5.74, 6) is 0.453. The molecule has 2 heterocycles. The fourth-order valence-corrected chi connectivity index (χ4v) is 3.97. The van der Waals surface area contributed by atoms with Crippen LogP contribution in [0.1, 0.15) is 47.5 Å². The van der Waals surface area contributed by atoms with Crippen molar-refractivity contribution >= 4 is 22.8 Å². The lowest BCUT2D eigenvalue weighted by atomic mass is 10.0. The minimum absolute atomic E-state index is 0.0446. The van der Waals surface area contributed by atoms with Crippen LogP contribution in [0.2, 0.25) is 0 Å². The lowest BCUT2D eigenvalue weighted by Gasteiger charge is -2.42. The van der Waals surface area contributed by atoms with Crippen LogP contribution < -0.4 is 0 Å². The molecular weight excluding hydrogens is 316 g/mol. The zero-order valence-corrected chi connectivity index (χ0v) is 15.6. The summed E-state index contributed by atoms with van der Waals surface area (Å²) in [6, 6.07) is -0.431. The Morgan fingerprint density at radius 2 is 1.83 bits per heavy atom.